The van der Waals surface area contributed by atoms with Gasteiger partial charge in [0.2, 0.25) is 0 Å². The van der Waals surface area contributed by atoms with E-state index in [0.29, 0.717) is 11.4 Å². The Morgan fingerprint density at radius 2 is 2.00 bits per heavy atom. The summed E-state index contributed by atoms with van der Waals surface area (Å²) >= 11 is 5.75. The number of benzene rings is 1. The van der Waals surface area contributed by atoms with Gasteiger partial charge in [0.25, 0.3) is 5.91 Å². The zero-order chi connectivity index (χ0) is 18.3. The van der Waals surface area contributed by atoms with E-state index in [-0.39, 0.29) is 17.2 Å². The quantitative estimate of drug-likeness (QED) is 0.569. The van der Waals surface area contributed by atoms with Gasteiger partial charge in [-0.3, -0.25) is 4.79 Å². The van der Waals surface area contributed by atoms with Crippen molar-refractivity contribution in [1.82, 2.24) is 5.32 Å². The van der Waals surface area contributed by atoms with Gasteiger partial charge in [0.15, 0.2) is 6.61 Å². The maximum absolute atomic E-state index is 11.9. The number of nitrogen functional groups attached to an aromatic ring is 1. The lowest BCUT2D eigenvalue weighted by Crippen LogP contribution is -2.47. The Labute approximate surface area is 145 Å². The Bertz CT molecular complexity index is 620. The predicted octanol–water partition coefficient (Wildman–Crippen LogP) is 1.78. The van der Waals surface area contributed by atoms with Gasteiger partial charge in [0.1, 0.15) is 6.04 Å². The first kappa shape index (κ1) is 19.8. The number of anilines is 1. The molecule has 0 bridgehead atoms. The molecule has 0 aromatic heterocycles. The SMILES string of the molecule is CCC(C)C(NC(=O)COC(=O)c1ccc(Cl)cc1N)C(=O)OC. The molecule has 0 aliphatic rings. The standard InChI is InChI=1S/C16H21ClN2O5/c1-4-9(2)14(16(22)23-3)19-13(20)8-24-15(21)11-6-5-10(17)7-12(11)18/h5-7,9,14H,4,8,18H2,1-3H3,(H,19,20). The Kier molecular flexibility index (Phi) is 7.51. The summed E-state index contributed by atoms with van der Waals surface area (Å²) in [5, 5.41) is 2.89. The van der Waals surface area contributed by atoms with Gasteiger partial charge >= 0.3 is 11.9 Å². The highest BCUT2D eigenvalue weighted by atomic mass is 35.5. The number of carbonyl (C=O) groups excluding carboxylic acids is 3. The third-order valence-corrected chi connectivity index (χ3v) is 3.79. The summed E-state index contributed by atoms with van der Waals surface area (Å²) in [5.41, 5.74) is 5.94. The molecule has 1 aromatic rings. The van der Waals surface area contributed by atoms with Crippen LogP contribution in [-0.2, 0) is 19.1 Å². The first-order valence-corrected chi connectivity index (χ1v) is 7.77. The van der Waals surface area contributed by atoms with Crippen molar-refractivity contribution in [1.29, 1.82) is 0 Å². The normalized spacial score (nSPS) is 12.8. The maximum atomic E-state index is 11.9. The number of carbonyl (C=O) groups is 3. The van der Waals surface area contributed by atoms with Gasteiger partial charge < -0.3 is 20.5 Å². The molecule has 0 fully saturated rings. The van der Waals surface area contributed by atoms with Crippen LogP contribution in [0.1, 0.15) is 30.6 Å². The van der Waals surface area contributed by atoms with Crippen LogP contribution in [0.4, 0.5) is 5.69 Å². The lowest BCUT2D eigenvalue weighted by atomic mass is 9.99. The minimum absolute atomic E-state index is 0.110. The Morgan fingerprint density at radius 3 is 2.54 bits per heavy atom. The molecule has 7 nitrogen and oxygen atoms in total. The number of ether oxygens (including phenoxy) is 2. The van der Waals surface area contributed by atoms with Crippen molar-refractivity contribution in [2.24, 2.45) is 5.92 Å². The van der Waals surface area contributed by atoms with E-state index in [1.54, 1.807) is 0 Å². The number of nitrogens with one attached hydrogen (secondary N) is 1. The highest BCUT2D eigenvalue weighted by Gasteiger charge is 2.27. The van der Waals surface area contributed by atoms with Crippen LogP contribution >= 0.6 is 11.6 Å². The van der Waals surface area contributed by atoms with Crippen molar-refractivity contribution in [2.45, 2.75) is 26.3 Å². The minimum Gasteiger partial charge on any atom is -0.467 e. The van der Waals surface area contributed by atoms with Crippen LogP contribution in [0.3, 0.4) is 0 Å². The van der Waals surface area contributed by atoms with Crippen molar-refractivity contribution in [3.63, 3.8) is 0 Å². The highest BCUT2D eigenvalue weighted by molar-refractivity contribution is 6.31. The monoisotopic (exact) mass is 356 g/mol. The summed E-state index contributed by atoms with van der Waals surface area (Å²) in [4.78, 5) is 35.6. The van der Waals surface area contributed by atoms with Gasteiger partial charge in [-0.25, -0.2) is 9.59 Å². The number of esters is 2. The average Bonchev–Trinajstić information content (AvgIpc) is 2.56. The molecule has 8 heteroatoms. The van der Waals surface area contributed by atoms with E-state index in [4.69, 9.17) is 22.1 Å². The van der Waals surface area contributed by atoms with E-state index in [0.717, 1.165) is 0 Å². The van der Waals surface area contributed by atoms with E-state index in [1.807, 2.05) is 13.8 Å². The topological polar surface area (TPSA) is 108 Å². The number of amides is 1. The summed E-state index contributed by atoms with van der Waals surface area (Å²) in [7, 11) is 1.24. The fourth-order valence-electron chi connectivity index (χ4n) is 1.94. The molecule has 0 radical (unpaired) electrons. The van der Waals surface area contributed by atoms with Gasteiger partial charge in [-0.1, -0.05) is 31.9 Å². The van der Waals surface area contributed by atoms with Crippen molar-refractivity contribution in [3.8, 4) is 0 Å². The molecule has 0 saturated heterocycles. The van der Waals surface area contributed by atoms with E-state index < -0.39 is 30.5 Å². The zero-order valence-corrected chi connectivity index (χ0v) is 14.6. The third-order valence-electron chi connectivity index (χ3n) is 3.55. The van der Waals surface area contributed by atoms with Crippen LogP contribution in [0, 0.1) is 5.92 Å². The Hall–Kier alpha value is -2.28. The molecule has 0 heterocycles. The van der Waals surface area contributed by atoms with Crippen LogP contribution in [0.25, 0.3) is 0 Å². The van der Waals surface area contributed by atoms with Gasteiger partial charge in [-0.05, 0) is 24.1 Å². The van der Waals surface area contributed by atoms with Crippen LogP contribution < -0.4 is 11.1 Å². The molecule has 2 unspecified atom stereocenters. The van der Waals surface area contributed by atoms with Crippen molar-refractivity contribution in [2.75, 3.05) is 19.5 Å². The fourth-order valence-corrected chi connectivity index (χ4v) is 2.12. The molecule has 0 spiro atoms. The molecule has 1 amide bonds. The summed E-state index contributed by atoms with van der Waals surface area (Å²) in [6, 6.07) is 3.51. The number of methoxy groups -OCH3 is 1. The summed E-state index contributed by atoms with van der Waals surface area (Å²) in [5.74, 6) is -2.03. The van der Waals surface area contributed by atoms with Crippen LogP contribution in [0.5, 0.6) is 0 Å². The van der Waals surface area contributed by atoms with Crippen LogP contribution in [0.15, 0.2) is 18.2 Å². The molecule has 1 aromatic carbocycles. The zero-order valence-electron chi connectivity index (χ0n) is 13.8. The number of rotatable bonds is 7. The first-order chi connectivity index (χ1) is 11.3. The largest absolute Gasteiger partial charge is 0.467 e. The molecular formula is C16H21ClN2O5. The molecule has 24 heavy (non-hydrogen) atoms. The second-order valence-corrected chi connectivity index (χ2v) is 5.70. The van der Waals surface area contributed by atoms with Gasteiger partial charge in [-0.15, -0.1) is 0 Å². The van der Waals surface area contributed by atoms with E-state index in [1.165, 1.54) is 25.3 Å². The molecule has 132 valence electrons. The predicted molar refractivity (Wildman–Crippen MR) is 89.5 cm³/mol. The third kappa shape index (κ3) is 5.42. The lowest BCUT2D eigenvalue weighted by Gasteiger charge is -2.21. The smallest absolute Gasteiger partial charge is 0.340 e. The minimum atomic E-state index is -0.799. The summed E-state index contributed by atoms with van der Waals surface area (Å²) in [6.07, 6.45) is 0.668. The van der Waals surface area contributed by atoms with Crippen molar-refractivity contribution < 1.29 is 23.9 Å². The van der Waals surface area contributed by atoms with Crippen LogP contribution in [0.2, 0.25) is 5.02 Å². The molecule has 0 saturated carbocycles. The number of hydrogen-bond acceptors (Lipinski definition) is 6. The van der Waals surface area contributed by atoms with E-state index >= 15 is 0 Å². The van der Waals surface area contributed by atoms with E-state index in [9.17, 15) is 14.4 Å². The average molecular weight is 357 g/mol. The van der Waals surface area contributed by atoms with Crippen molar-refractivity contribution >= 4 is 35.1 Å². The summed E-state index contributed by atoms with van der Waals surface area (Å²) < 4.78 is 9.58. The first-order valence-electron chi connectivity index (χ1n) is 7.39. The molecular weight excluding hydrogens is 336 g/mol. The van der Waals surface area contributed by atoms with Gasteiger partial charge in [0.05, 0.1) is 12.7 Å². The molecule has 0 aliphatic heterocycles. The van der Waals surface area contributed by atoms with Crippen LogP contribution in [-0.4, -0.2) is 37.6 Å². The molecule has 1 rings (SSSR count). The number of hydrogen-bond donors (Lipinski definition) is 2. The lowest BCUT2D eigenvalue weighted by molar-refractivity contribution is -0.147. The van der Waals surface area contributed by atoms with Gasteiger partial charge in [-0.2, -0.15) is 0 Å². The number of nitrogens with two attached hydrogens (primary N) is 1. The van der Waals surface area contributed by atoms with Gasteiger partial charge in [0, 0.05) is 10.7 Å². The molecule has 3 N–H and O–H groups in total. The second-order valence-electron chi connectivity index (χ2n) is 5.26. The summed E-state index contributed by atoms with van der Waals surface area (Å²) in [6.45, 7) is 3.16. The molecule has 2 atom stereocenters. The second kappa shape index (κ2) is 9.12. The Morgan fingerprint density at radius 1 is 1.33 bits per heavy atom. The van der Waals surface area contributed by atoms with E-state index in [2.05, 4.69) is 10.1 Å². The fraction of sp³-hybridized carbons (Fsp3) is 0.438. The highest BCUT2D eigenvalue weighted by Crippen LogP contribution is 2.18. The number of halogens is 1. The Balaban J connectivity index is 2.64. The van der Waals surface area contributed by atoms with Crippen molar-refractivity contribution in [3.05, 3.63) is 28.8 Å². The maximum Gasteiger partial charge on any atom is 0.340 e. The molecule has 0 aliphatic carbocycles.